The SMILES string of the molecule is CC(C)C(=O)NC1C=NC(c2c(C(F)(F)F)sc3c2CCCC3)=CC(C)C1C. The van der Waals surface area contributed by atoms with Gasteiger partial charge in [-0.05, 0) is 43.1 Å². The summed E-state index contributed by atoms with van der Waals surface area (Å²) >= 11 is 0.877. The maximum atomic E-state index is 13.8. The first-order valence-electron chi connectivity index (χ1n) is 9.88. The normalized spacial score (nSPS) is 25.3. The lowest BCUT2D eigenvalue weighted by molar-refractivity contribution is -0.134. The van der Waals surface area contributed by atoms with Gasteiger partial charge in [0.1, 0.15) is 4.88 Å². The molecule has 1 aromatic heterocycles. The van der Waals surface area contributed by atoms with Crippen molar-refractivity contribution in [3.05, 3.63) is 27.0 Å². The number of amides is 1. The molecule has 1 amide bonds. The molecule has 0 spiro atoms. The number of hydrogen-bond donors (Lipinski definition) is 1. The quantitative estimate of drug-likeness (QED) is 0.701. The maximum absolute atomic E-state index is 13.8. The topological polar surface area (TPSA) is 41.5 Å². The van der Waals surface area contributed by atoms with E-state index in [-0.39, 0.29) is 35.3 Å². The second-order valence-corrected chi connectivity index (χ2v) is 9.26. The van der Waals surface area contributed by atoms with E-state index >= 15 is 0 Å². The minimum atomic E-state index is -4.39. The zero-order valence-electron chi connectivity index (χ0n) is 16.7. The van der Waals surface area contributed by atoms with E-state index in [0.717, 1.165) is 34.6 Å². The summed E-state index contributed by atoms with van der Waals surface area (Å²) in [4.78, 5) is 16.9. The lowest BCUT2D eigenvalue weighted by Crippen LogP contribution is -2.43. The van der Waals surface area contributed by atoms with Crippen LogP contribution >= 0.6 is 11.3 Å². The highest BCUT2D eigenvalue weighted by atomic mass is 32.1. The molecule has 3 nitrogen and oxygen atoms in total. The zero-order chi connectivity index (χ0) is 20.6. The molecule has 0 saturated heterocycles. The number of thiophene rings is 1. The molecule has 1 aliphatic heterocycles. The van der Waals surface area contributed by atoms with Crippen LogP contribution in [-0.4, -0.2) is 18.2 Å². The van der Waals surface area contributed by atoms with Crippen molar-refractivity contribution >= 4 is 29.2 Å². The minimum Gasteiger partial charge on any atom is -0.348 e. The van der Waals surface area contributed by atoms with Crippen LogP contribution in [-0.2, 0) is 23.8 Å². The third-order valence-corrected chi connectivity index (χ3v) is 7.05. The standard InChI is InChI=1S/C21H27F3N2OS/c1-11(2)20(27)26-16-10-25-15(9-12(3)13(16)4)18-14-7-5-6-8-17(14)28-19(18)21(22,23)24/h9-13,16H,5-8H2,1-4H3,(H,26,27). The predicted octanol–water partition coefficient (Wildman–Crippen LogP) is 5.48. The Labute approximate surface area is 168 Å². The molecule has 0 aromatic carbocycles. The van der Waals surface area contributed by atoms with Crippen LogP contribution in [0.25, 0.3) is 5.70 Å². The molecule has 2 heterocycles. The summed E-state index contributed by atoms with van der Waals surface area (Å²) < 4.78 is 41.3. The van der Waals surface area contributed by atoms with E-state index < -0.39 is 11.1 Å². The number of fused-ring (bicyclic) bond motifs is 1. The van der Waals surface area contributed by atoms with Crippen molar-refractivity contribution < 1.29 is 18.0 Å². The van der Waals surface area contributed by atoms with Crippen LogP contribution in [0.15, 0.2) is 11.1 Å². The Morgan fingerprint density at radius 3 is 2.57 bits per heavy atom. The average molecular weight is 413 g/mol. The Hall–Kier alpha value is -1.63. The number of carbonyl (C=O) groups is 1. The molecule has 28 heavy (non-hydrogen) atoms. The summed E-state index contributed by atoms with van der Waals surface area (Å²) in [6, 6.07) is -0.303. The second kappa shape index (κ2) is 8.01. The van der Waals surface area contributed by atoms with Gasteiger partial charge in [0.15, 0.2) is 0 Å². The molecule has 0 bridgehead atoms. The van der Waals surface area contributed by atoms with Crippen LogP contribution in [0.4, 0.5) is 13.2 Å². The first-order chi connectivity index (χ1) is 13.1. The Bertz CT molecular complexity index is 807. The van der Waals surface area contributed by atoms with Crippen LogP contribution in [0.5, 0.6) is 0 Å². The number of aliphatic imine (C=N–C) groups is 1. The van der Waals surface area contributed by atoms with Crippen LogP contribution < -0.4 is 5.32 Å². The molecular weight excluding hydrogens is 385 g/mol. The zero-order valence-corrected chi connectivity index (χ0v) is 17.5. The van der Waals surface area contributed by atoms with Crippen molar-refractivity contribution in [1.82, 2.24) is 5.32 Å². The number of aryl methyl sites for hydroxylation is 1. The third kappa shape index (κ3) is 4.19. The van der Waals surface area contributed by atoms with Crippen LogP contribution in [0.2, 0.25) is 0 Å². The molecule has 3 atom stereocenters. The molecule has 154 valence electrons. The molecule has 1 N–H and O–H groups in total. The van der Waals surface area contributed by atoms with Crippen molar-refractivity contribution in [2.75, 3.05) is 0 Å². The van der Waals surface area contributed by atoms with E-state index in [2.05, 4.69) is 10.3 Å². The summed E-state index contributed by atoms with van der Waals surface area (Å²) in [5.74, 6) is -0.224. The molecule has 0 saturated carbocycles. The Morgan fingerprint density at radius 1 is 1.25 bits per heavy atom. The number of hydrogen-bond acceptors (Lipinski definition) is 3. The van der Waals surface area contributed by atoms with Gasteiger partial charge in [0.05, 0.1) is 11.7 Å². The minimum absolute atomic E-state index is 0.0183. The number of allylic oxidation sites excluding steroid dienone is 1. The van der Waals surface area contributed by atoms with Crippen LogP contribution in [0.3, 0.4) is 0 Å². The monoisotopic (exact) mass is 412 g/mol. The van der Waals surface area contributed by atoms with Crippen molar-refractivity contribution in [3.63, 3.8) is 0 Å². The molecule has 0 fully saturated rings. The summed E-state index contributed by atoms with van der Waals surface area (Å²) in [5, 5.41) is 2.97. The molecule has 1 aliphatic carbocycles. The first-order valence-corrected chi connectivity index (χ1v) is 10.7. The lowest BCUT2D eigenvalue weighted by Gasteiger charge is -2.24. The fraction of sp³-hybridized carbons (Fsp3) is 0.619. The van der Waals surface area contributed by atoms with E-state index in [4.69, 9.17) is 0 Å². The summed E-state index contributed by atoms with van der Waals surface area (Å²) in [5.41, 5.74) is 1.47. The first kappa shape index (κ1) is 21.1. The number of halogens is 3. The Morgan fingerprint density at radius 2 is 1.93 bits per heavy atom. The van der Waals surface area contributed by atoms with E-state index in [1.54, 1.807) is 6.21 Å². The third-order valence-electron chi connectivity index (χ3n) is 5.71. The Balaban J connectivity index is 2.03. The highest BCUT2D eigenvalue weighted by molar-refractivity contribution is 7.12. The van der Waals surface area contributed by atoms with Gasteiger partial charge < -0.3 is 5.32 Å². The molecule has 0 radical (unpaired) electrons. The fourth-order valence-corrected chi connectivity index (χ4v) is 5.02. The van der Waals surface area contributed by atoms with Gasteiger partial charge in [-0.15, -0.1) is 11.3 Å². The smallest absolute Gasteiger partial charge is 0.348 e. The highest BCUT2D eigenvalue weighted by Crippen LogP contribution is 2.46. The van der Waals surface area contributed by atoms with Crippen molar-refractivity contribution in [1.29, 1.82) is 0 Å². The summed E-state index contributed by atoms with van der Waals surface area (Å²) in [7, 11) is 0. The molecule has 3 rings (SSSR count). The number of rotatable bonds is 3. The average Bonchev–Trinajstić information content (AvgIpc) is 2.96. The van der Waals surface area contributed by atoms with Crippen molar-refractivity contribution in [2.45, 2.75) is 65.6 Å². The lowest BCUT2D eigenvalue weighted by atomic mass is 9.87. The van der Waals surface area contributed by atoms with Gasteiger partial charge in [0, 0.05) is 22.6 Å². The molecular formula is C21H27F3N2OS. The van der Waals surface area contributed by atoms with E-state index in [1.807, 2.05) is 33.8 Å². The van der Waals surface area contributed by atoms with Gasteiger partial charge in [0.25, 0.3) is 0 Å². The summed E-state index contributed by atoms with van der Waals surface area (Å²) in [6.07, 6.45) is 2.29. The van der Waals surface area contributed by atoms with Gasteiger partial charge in [-0.3, -0.25) is 9.79 Å². The molecule has 1 aromatic rings. The molecule has 3 unspecified atom stereocenters. The number of alkyl halides is 3. The van der Waals surface area contributed by atoms with E-state index in [0.29, 0.717) is 18.5 Å². The van der Waals surface area contributed by atoms with Gasteiger partial charge >= 0.3 is 6.18 Å². The Kier molecular flexibility index (Phi) is 6.03. The number of nitrogens with zero attached hydrogens (tertiary/aromatic N) is 1. The van der Waals surface area contributed by atoms with Crippen molar-refractivity contribution in [2.24, 2.45) is 22.7 Å². The van der Waals surface area contributed by atoms with Crippen LogP contribution in [0.1, 0.15) is 61.4 Å². The fourth-order valence-electron chi connectivity index (χ4n) is 3.75. The van der Waals surface area contributed by atoms with Gasteiger partial charge in [-0.25, -0.2) is 0 Å². The van der Waals surface area contributed by atoms with Gasteiger partial charge in [-0.1, -0.05) is 33.8 Å². The van der Waals surface area contributed by atoms with Gasteiger partial charge in [0.2, 0.25) is 5.91 Å². The number of nitrogens with one attached hydrogen (secondary N) is 1. The van der Waals surface area contributed by atoms with E-state index in [9.17, 15) is 18.0 Å². The van der Waals surface area contributed by atoms with Gasteiger partial charge in [-0.2, -0.15) is 13.2 Å². The number of carbonyl (C=O) groups excluding carboxylic acids is 1. The largest absolute Gasteiger partial charge is 0.426 e. The van der Waals surface area contributed by atoms with E-state index in [1.165, 1.54) is 0 Å². The molecule has 7 heteroatoms. The second-order valence-electron chi connectivity index (χ2n) is 8.15. The predicted molar refractivity (Wildman–Crippen MR) is 108 cm³/mol. The highest BCUT2D eigenvalue weighted by Gasteiger charge is 2.40. The maximum Gasteiger partial charge on any atom is 0.426 e. The van der Waals surface area contributed by atoms with Crippen molar-refractivity contribution in [3.8, 4) is 0 Å². The van der Waals surface area contributed by atoms with Crippen LogP contribution in [0, 0.1) is 17.8 Å². The molecule has 2 aliphatic rings. The summed E-state index contributed by atoms with van der Waals surface area (Å²) in [6.45, 7) is 7.59.